The highest BCUT2D eigenvalue weighted by Crippen LogP contribution is 2.40. The summed E-state index contributed by atoms with van der Waals surface area (Å²) in [7, 11) is 3.57. The van der Waals surface area contributed by atoms with E-state index < -0.39 is 0 Å². The number of halogens is 1. The van der Waals surface area contributed by atoms with E-state index in [1.807, 2.05) is 53.0 Å². The van der Waals surface area contributed by atoms with Gasteiger partial charge in [-0.25, -0.2) is 9.67 Å². The first kappa shape index (κ1) is 28.6. The average molecular weight is 447 g/mol. The van der Waals surface area contributed by atoms with Crippen LogP contribution in [0.4, 0.5) is 5.82 Å². The van der Waals surface area contributed by atoms with Crippen LogP contribution in [0.5, 0.6) is 0 Å². The molecule has 0 spiro atoms. The molecule has 31 heavy (non-hydrogen) atoms. The Morgan fingerprint density at radius 3 is 2.55 bits per heavy atom. The van der Waals surface area contributed by atoms with Gasteiger partial charge in [0.05, 0.1) is 11.8 Å². The van der Waals surface area contributed by atoms with Gasteiger partial charge in [0.2, 0.25) is 0 Å². The molecule has 2 heterocycles. The fraction of sp³-hybridized carbons (Fsp3) is 0.440. The Kier molecular flexibility index (Phi) is 14.3. The highest BCUT2D eigenvalue weighted by atomic mass is 35.5. The molecule has 1 N–H and O–H groups in total. The van der Waals surface area contributed by atoms with Crippen molar-refractivity contribution in [3.8, 4) is 0 Å². The van der Waals surface area contributed by atoms with Crippen LogP contribution < -0.4 is 5.32 Å². The molecule has 0 bridgehead atoms. The van der Waals surface area contributed by atoms with E-state index in [0.29, 0.717) is 5.15 Å². The molecule has 0 saturated heterocycles. The molecule has 0 aliphatic carbocycles. The summed E-state index contributed by atoms with van der Waals surface area (Å²) in [5.41, 5.74) is 3.80. The molecule has 2 aromatic heterocycles. The SMILES string of the molecule is C=C.CC.CC/C=C\C=C(/C)n1nc(C)c(C(OC)C(C)c2cccnc2NC)c1Cl. The molecular weight excluding hydrogens is 408 g/mol. The number of nitrogens with zero attached hydrogens (tertiary/aromatic N) is 3. The Morgan fingerprint density at radius 2 is 2.00 bits per heavy atom. The van der Waals surface area contributed by atoms with E-state index >= 15 is 0 Å². The molecule has 5 nitrogen and oxygen atoms in total. The third-order valence-corrected chi connectivity index (χ3v) is 5.01. The minimum absolute atomic E-state index is 0.0456. The molecule has 0 aliphatic heterocycles. The zero-order valence-electron chi connectivity index (χ0n) is 20.4. The van der Waals surface area contributed by atoms with E-state index in [4.69, 9.17) is 16.3 Å². The minimum Gasteiger partial charge on any atom is -0.376 e. The van der Waals surface area contributed by atoms with Crippen LogP contribution in [0.3, 0.4) is 0 Å². The van der Waals surface area contributed by atoms with Crippen LogP contribution in [0.1, 0.15) is 69.9 Å². The molecule has 2 aromatic rings. The van der Waals surface area contributed by atoms with Crippen molar-refractivity contribution >= 4 is 23.1 Å². The lowest BCUT2D eigenvalue weighted by Crippen LogP contribution is -2.14. The van der Waals surface area contributed by atoms with Crippen molar-refractivity contribution in [2.45, 2.75) is 60.0 Å². The van der Waals surface area contributed by atoms with E-state index in [2.05, 4.69) is 54.5 Å². The molecule has 2 rings (SSSR count). The highest BCUT2D eigenvalue weighted by molar-refractivity contribution is 6.30. The van der Waals surface area contributed by atoms with E-state index in [-0.39, 0.29) is 12.0 Å². The lowest BCUT2D eigenvalue weighted by atomic mass is 9.91. The van der Waals surface area contributed by atoms with Crippen LogP contribution in [0.25, 0.3) is 5.70 Å². The fourth-order valence-corrected chi connectivity index (χ4v) is 3.63. The Balaban J connectivity index is 0.00000212. The van der Waals surface area contributed by atoms with Crippen molar-refractivity contribution in [1.82, 2.24) is 14.8 Å². The Bertz CT molecular complexity index is 842. The topological polar surface area (TPSA) is 52.0 Å². The summed E-state index contributed by atoms with van der Waals surface area (Å²) >= 11 is 6.74. The molecule has 6 heteroatoms. The van der Waals surface area contributed by atoms with Gasteiger partial charge in [0.25, 0.3) is 0 Å². The van der Waals surface area contributed by atoms with Crippen LogP contribution in [0, 0.1) is 6.92 Å². The number of pyridine rings is 1. The number of aromatic nitrogens is 3. The van der Waals surface area contributed by atoms with Crippen molar-refractivity contribution in [3.63, 3.8) is 0 Å². The first-order valence-corrected chi connectivity index (χ1v) is 11.1. The molecule has 2 atom stereocenters. The van der Waals surface area contributed by atoms with Crippen molar-refractivity contribution < 1.29 is 4.74 Å². The third-order valence-electron chi connectivity index (χ3n) is 4.65. The number of methoxy groups -OCH3 is 1. The van der Waals surface area contributed by atoms with Crippen molar-refractivity contribution in [1.29, 1.82) is 0 Å². The van der Waals surface area contributed by atoms with Crippen LogP contribution in [-0.4, -0.2) is 28.9 Å². The Labute approximate surface area is 193 Å². The number of ether oxygens (including phenoxy) is 1. The lowest BCUT2D eigenvalue weighted by Gasteiger charge is -2.24. The predicted molar refractivity (Wildman–Crippen MR) is 136 cm³/mol. The first-order chi connectivity index (χ1) is 15.0. The molecular formula is C25H39ClN4O. The number of hydrogen-bond donors (Lipinski definition) is 1. The second-order valence-corrected chi connectivity index (χ2v) is 6.84. The van der Waals surface area contributed by atoms with E-state index in [9.17, 15) is 0 Å². The number of hydrogen-bond acceptors (Lipinski definition) is 4. The smallest absolute Gasteiger partial charge is 0.138 e. The minimum atomic E-state index is -0.235. The summed E-state index contributed by atoms with van der Waals surface area (Å²) in [6.45, 7) is 18.2. The Morgan fingerprint density at radius 1 is 1.35 bits per heavy atom. The maximum absolute atomic E-state index is 6.74. The van der Waals surface area contributed by atoms with Gasteiger partial charge in [-0.3, -0.25) is 0 Å². The van der Waals surface area contributed by atoms with Gasteiger partial charge in [-0.2, -0.15) is 5.10 Å². The summed E-state index contributed by atoms with van der Waals surface area (Å²) in [5, 5.41) is 8.38. The van der Waals surface area contributed by atoms with Crippen LogP contribution in [0.2, 0.25) is 5.15 Å². The van der Waals surface area contributed by atoms with Crippen LogP contribution >= 0.6 is 11.6 Å². The van der Waals surface area contributed by atoms with Gasteiger partial charge in [0, 0.05) is 43.1 Å². The standard InChI is InChI=1S/C21H29ClN4O.C2H6.C2H4/c1-7-8-9-11-14(2)26-20(22)18(16(4)25-26)19(27-6)15(3)17-12-10-13-24-21(17)23-5;2*1-2/h8-13,15,19H,7H2,1-6H3,(H,23,24);1-2H3;1-2H2/b9-8-,14-11+;;. The fourth-order valence-electron chi connectivity index (χ4n) is 3.21. The van der Waals surface area contributed by atoms with Crippen molar-refractivity contribution in [3.05, 3.63) is 71.7 Å². The zero-order valence-corrected chi connectivity index (χ0v) is 21.1. The maximum Gasteiger partial charge on any atom is 0.138 e. The third kappa shape index (κ3) is 7.37. The van der Waals surface area contributed by atoms with Gasteiger partial charge in [0.1, 0.15) is 11.0 Å². The zero-order chi connectivity index (χ0) is 24.0. The first-order valence-electron chi connectivity index (χ1n) is 10.7. The average Bonchev–Trinajstić information content (AvgIpc) is 3.11. The lowest BCUT2D eigenvalue weighted by molar-refractivity contribution is 0.0832. The molecule has 0 saturated carbocycles. The predicted octanol–water partition coefficient (Wildman–Crippen LogP) is 7.43. The normalized spacial score (nSPS) is 13.0. The molecule has 0 aliphatic rings. The largest absolute Gasteiger partial charge is 0.376 e. The van der Waals surface area contributed by atoms with Gasteiger partial charge >= 0.3 is 0 Å². The van der Waals surface area contributed by atoms with Gasteiger partial charge in [-0.1, -0.05) is 57.5 Å². The number of allylic oxidation sites excluding steroid dienone is 4. The summed E-state index contributed by atoms with van der Waals surface area (Å²) in [6.07, 6.45) is 8.66. The van der Waals surface area contributed by atoms with Crippen LogP contribution in [-0.2, 0) is 4.74 Å². The Hall–Kier alpha value is -2.37. The van der Waals surface area contributed by atoms with Crippen molar-refractivity contribution in [2.24, 2.45) is 0 Å². The van der Waals surface area contributed by atoms with Gasteiger partial charge in [0.15, 0.2) is 0 Å². The molecule has 2 unspecified atom stereocenters. The van der Waals surface area contributed by atoms with E-state index in [1.54, 1.807) is 18.0 Å². The molecule has 172 valence electrons. The molecule has 0 aromatic carbocycles. The van der Waals surface area contributed by atoms with Crippen LogP contribution in [0.15, 0.2) is 49.7 Å². The number of nitrogens with one attached hydrogen (secondary N) is 1. The van der Waals surface area contributed by atoms with E-state index in [1.165, 1.54) is 0 Å². The second-order valence-electron chi connectivity index (χ2n) is 6.48. The van der Waals surface area contributed by atoms with E-state index in [0.717, 1.165) is 34.8 Å². The molecule has 0 radical (unpaired) electrons. The number of rotatable bonds is 8. The number of anilines is 1. The summed E-state index contributed by atoms with van der Waals surface area (Å²) in [6, 6.07) is 3.99. The van der Waals surface area contributed by atoms with Gasteiger partial charge < -0.3 is 10.1 Å². The number of aryl methyl sites for hydroxylation is 1. The molecule has 0 amide bonds. The van der Waals surface area contributed by atoms with Gasteiger partial charge in [-0.05, 0) is 32.4 Å². The second kappa shape index (κ2) is 15.4. The molecule has 0 fully saturated rings. The summed E-state index contributed by atoms with van der Waals surface area (Å²) in [5.74, 6) is 0.887. The summed E-state index contributed by atoms with van der Waals surface area (Å²) in [4.78, 5) is 4.41. The van der Waals surface area contributed by atoms with Crippen molar-refractivity contribution in [2.75, 3.05) is 19.5 Å². The summed E-state index contributed by atoms with van der Waals surface area (Å²) < 4.78 is 7.65. The highest BCUT2D eigenvalue weighted by Gasteiger charge is 2.29. The van der Waals surface area contributed by atoms with Gasteiger partial charge in [-0.15, -0.1) is 13.2 Å². The quantitative estimate of drug-likeness (QED) is 0.338. The monoisotopic (exact) mass is 446 g/mol. The maximum atomic E-state index is 6.74.